The van der Waals surface area contributed by atoms with E-state index in [9.17, 15) is 17.6 Å². The van der Waals surface area contributed by atoms with Gasteiger partial charge in [-0.2, -0.15) is 22.8 Å². The highest BCUT2D eigenvalue weighted by atomic mass is 19.4. The van der Waals surface area contributed by atoms with E-state index in [1.165, 1.54) is 10.8 Å². The zero-order valence-electron chi connectivity index (χ0n) is 13.3. The highest BCUT2D eigenvalue weighted by Crippen LogP contribution is 2.34. The van der Waals surface area contributed by atoms with Gasteiger partial charge in [-0.3, -0.25) is 0 Å². The van der Waals surface area contributed by atoms with Crippen LogP contribution in [0.1, 0.15) is 5.56 Å². The number of halogens is 4. The quantitative estimate of drug-likeness (QED) is 0.627. The first-order valence-corrected chi connectivity index (χ1v) is 7.68. The third-order valence-electron chi connectivity index (χ3n) is 4.38. The molecule has 0 amide bonds. The molecule has 3 heterocycles. The van der Waals surface area contributed by atoms with E-state index in [2.05, 4.69) is 20.0 Å². The molecule has 0 bridgehead atoms. The summed E-state index contributed by atoms with van der Waals surface area (Å²) >= 11 is 0. The van der Waals surface area contributed by atoms with Gasteiger partial charge < -0.3 is 9.80 Å². The van der Waals surface area contributed by atoms with Gasteiger partial charge in [0, 0.05) is 31.6 Å². The molecule has 1 aliphatic heterocycles. The number of piperazine rings is 1. The van der Waals surface area contributed by atoms with Crippen LogP contribution in [0.5, 0.6) is 0 Å². The molecule has 4 rings (SSSR count). The zero-order chi connectivity index (χ0) is 17.8. The topological polar surface area (TPSA) is 49.6 Å². The maximum Gasteiger partial charge on any atom is 0.419 e. The first kappa shape index (κ1) is 16.0. The third kappa shape index (κ3) is 2.66. The molecular weight excluding hydrogens is 340 g/mol. The normalized spacial score (nSPS) is 16.9. The lowest BCUT2D eigenvalue weighted by atomic mass is 10.1. The van der Waals surface area contributed by atoms with Crippen molar-refractivity contribution in [2.75, 3.05) is 38.1 Å². The minimum absolute atomic E-state index is 0.0446. The molecule has 10 heteroatoms. The third-order valence-corrected chi connectivity index (χ3v) is 4.38. The lowest BCUT2D eigenvalue weighted by molar-refractivity contribution is -0.139. The molecule has 132 valence electrons. The molecule has 1 aromatic carbocycles. The van der Waals surface area contributed by atoms with Crippen molar-refractivity contribution in [2.45, 2.75) is 6.18 Å². The van der Waals surface area contributed by atoms with Crippen LogP contribution in [0, 0.1) is 5.82 Å². The predicted molar refractivity (Wildman–Crippen MR) is 83.0 cm³/mol. The van der Waals surface area contributed by atoms with Gasteiger partial charge in [-0.15, -0.1) is 0 Å². The number of alkyl halides is 3. The lowest BCUT2D eigenvalue weighted by Gasteiger charge is -2.33. The van der Waals surface area contributed by atoms with Crippen molar-refractivity contribution in [2.24, 2.45) is 0 Å². The molecule has 1 aliphatic rings. The fourth-order valence-corrected chi connectivity index (χ4v) is 2.99. The summed E-state index contributed by atoms with van der Waals surface area (Å²) in [5.74, 6) is -0.938. The van der Waals surface area contributed by atoms with E-state index in [-0.39, 0.29) is 16.6 Å². The van der Waals surface area contributed by atoms with Gasteiger partial charge in [0.05, 0.1) is 11.1 Å². The van der Waals surface area contributed by atoms with Crippen molar-refractivity contribution < 1.29 is 17.6 Å². The van der Waals surface area contributed by atoms with Gasteiger partial charge in [0.25, 0.3) is 0 Å². The van der Waals surface area contributed by atoms with Crippen molar-refractivity contribution in [1.29, 1.82) is 0 Å². The van der Waals surface area contributed by atoms with Gasteiger partial charge in [0.2, 0.25) is 5.95 Å². The number of hydrogen-bond acceptors (Lipinski definition) is 5. The number of likely N-dealkylation sites (N-methyl/N-ethyl adjacent to an activating group) is 1. The Hall–Kier alpha value is -2.49. The Bertz CT molecular complexity index is 942. The van der Waals surface area contributed by atoms with Crippen molar-refractivity contribution >= 4 is 22.5 Å². The monoisotopic (exact) mass is 354 g/mol. The molecular formula is C15H14F4N6. The average Bonchev–Trinajstić information content (AvgIpc) is 3.03. The fourth-order valence-electron chi connectivity index (χ4n) is 2.99. The SMILES string of the molecule is CN1CCN(c2nc3cc(C(F)(F)F)c(F)cc3c3ncnn23)CC1. The van der Waals surface area contributed by atoms with E-state index in [1.54, 1.807) is 0 Å². The number of aromatic nitrogens is 4. The molecule has 0 N–H and O–H groups in total. The van der Waals surface area contributed by atoms with Crippen molar-refractivity contribution in [3.63, 3.8) is 0 Å². The molecule has 1 saturated heterocycles. The first-order valence-electron chi connectivity index (χ1n) is 7.68. The summed E-state index contributed by atoms with van der Waals surface area (Å²) in [4.78, 5) is 12.5. The molecule has 6 nitrogen and oxygen atoms in total. The minimum atomic E-state index is -4.78. The average molecular weight is 354 g/mol. The summed E-state index contributed by atoms with van der Waals surface area (Å²) in [5.41, 5.74) is -1.00. The molecule has 0 saturated carbocycles. The van der Waals surface area contributed by atoms with Crippen LogP contribution >= 0.6 is 0 Å². The van der Waals surface area contributed by atoms with Crippen LogP contribution in [0.3, 0.4) is 0 Å². The number of nitrogens with zero attached hydrogens (tertiary/aromatic N) is 6. The molecule has 0 atom stereocenters. The molecule has 3 aromatic rings. The Morgan fingerprint density at radius 2 is 1.80 bits per heavy atom. The molecule has 0 unspecified atom stereocenters. The van der Waals surface area contributed by atoms with Crippen molar-refractivity contribution in [1.82, 2.24) is 24.5 Å². The summed E-state index contributed by atoms with van der Waals surface area (Å²) in [6.45, 7) is 2.93. The molecule has 25 heavy (non-hydrogen) atoms. The lowest BCUT2D eigenvalue weighted by Crippen LogP contribution is -2.45. The zero-order valence-corrected chi connectivity index (χ0v) is 13.3. The van der Waals surface area contributed by atoms with Crippen molar-refractivity contribution in [3.05, 3.63) is 29.8 Å². The Labute approximate surface area is 139 Å². The summed E-state index contributed by atoms with van der Waals surface area (Å²) in [7, 11) is 1.99. The van der Waals surface area contributed by atoms with Gasteiger partial charge >= 0.3 is 6.18 Å². The van der Waals surface area contributed by atoms with E-state index < -0.39 is 17.6 Å². The number of rotatable bonds is 1. The van der Waals surface area contributed by atoms with Crippen LogP contribution in [0.2, 0.25) is 0 Å². The largest absolute Gasteiger partial charge is 0.419 e. The van der Waals surface area contributed by atoms with Crippen LogP contribution in [0.4, 0.5) is 23.5 Å². The van der Waals surface area contributed by atoms with Crippen molar-refractivity contribution in [3.8, 4) is 0 Å². The molecule has 0 radical (unpaired) electrons. The van der Waals surface area contributed by atoms with Gasteiger partial charge in [-0.05, 0) is 19.2 Å². The van der Waals surface area contributed by atoms with Gasteiger partial charge in [-0.25, -0.2) is 14.4 Å². The number of fused-ring (bicyclic) bond motifs is 3. The van der Waals surface area contributed by atoms with Gasteiger partial charge in [0.15, 0.2) is 5.65 Å². The smallest absolute Gasteiger partial charge is 0.338 e. The number of hydrogen-bond donors (Lipinski definition) is 0. The highest BCUT2D eigenvalue weighted by molar-refractivity contribution is 5.92. The predicted octanol–water partition coefficient (Wildman–Crippen LogP) is 2.19. The van der Waals surface area contributed by atoms with E-state index >= 15 is 0 Å². The van der Waals surface area contributed by atoms with E-state index in [0.717, 1.165) is 25.2 Å². The maximum absolute atomic E-state index is 13.9. The molecule has 2 aromatic heterocycles. The van der Waals surface area contributed by atoms with Crippen LogP contribution in [-0.2, 0) is 6.18 Å². The number of benzene rings is 1. The fraction of sp³-hybridized carbons (Fsp3) is 0.400. The molecule has 0 aliphatic carbocycles. The molecule has 1 fully saturated rings. The maximum atomic E-state index is 13.9. The van der Waals surface area contributed by atoms with E-state index in [0.29, 0.717) is 19.0 Å². The standard InChI is InChI=1S/C15H14F4N6/c1-23-2-4-24(5-3-23)14-22-12-7-10(15(17,18)19)11(16)6-9(12)13-20-8-21-25(13)14/h6-8H,2-5H2,1H3. The Morgan fingerprint density at radius 3 is 2.48 bits per heavy atom. The summed E-state index contributed by atoms with van der Waals surface area (Å²) in [6, 6.07) is 1.56. The van der Waals surface area contributed by atoms with Gasteiger partial charge in [0.1, 0.15) is 12.1 Å². The second-order valence-electron chi connectivity index (χ2n) is 6.04. The van der Waals surface area contributed by atoms with Crippen LogP contribution in [-0.4, -0.2) is 57.7 Å². The Kier molecular flexibility index (Phi) is 3.53. The first-order chi connectivity index (χ1) is 11.8. The minimum Gasteiger partial charge on any atom is -0.338 e. The summed E-state index contributed by atoms with van der Waals surface area (Å²) in [6.07, 6.45) is -3.50. The number of anilines is 1. The summed E-state index contributed by atoms with van der Waals surface area (Å²) in [5, 5.41) is 4.30. The second kappa shape index (κ2) is 5.51. The highest BCUT2D eigenvalue weighted by Gasteiger charge is 2.35. The van der Waals surface area contributed by atoms with Gasteiger partial charge in [-0.1, -0.05) is 0 Å². The van der Waals surface area contributed by atoms with Crippen LogP contribution in [0.25, 0.3) is 16.6 Å². The Morgan fingerprint density at radius 1 is 1.08 bits per heavy atom. The van der Waals surface area contributed by atoms with Crippen LogP contribution < -0.4 is 4.90 Å². The molecule has 0 spiro atoms. The Balaban J connectivity index is 1.93. The van der Waals surface area contributed by atoms with E-state index in [1.807, 2.05) is 11.9 Å². The summed E-state index contributed by atoms with van der Waals surface area (Å²) < 4.78 is 54.4. The second-order valence-corrected chi connectivity index (χ2v) is 6.04. The van der Waals surface area contributed by atoms with Crippen LogP contribution in [0.15, 0.2) is 18.5 Å². The van der Waals surface area contributed by atoms with E-state index in [4.69, 9.17) is 0 Å².